The summed E-state index contributed by atoms with van der Waals surface area (Å²) in [6.07, 6.45) is 2.00. The zero-order valence-electron chi connectivity index (χ0n) is 19.1. The number of nitro benzene ring substituents is 1. The molecule has 8 nitrogen and oxygen atoms in total. The molecule has 2 N–H and O–H groups in total. The number of nitrogens with one attached hydrogen (secondary N) is 2. The number of nitrogens with zero attached hydrogens (tertiary/aromatic N) is 3. The van der Waals surface area contributed by atoms with Gasteiger partial charge >= 0.3 is 0 Å². The molecule has 4 rings (SSSR count). The summed E-state index contributed by atoms with van der Waals surface area (Å²) in [5.74, 6) is 0.341. The Morgan fingerprint density at radius 2 is 1.92 bits per heavy atom. The Morgan fingerprint density at radius 3 is 2.61 bits per heavy atom. The highest BCUT2D eigenvalue weighted by atomic mass is 35.5. The minimum absolute atomic E-state index is 0.0866. The Balaban J connectivity index is 1.23. The van der Waals surface area contributed by atoms with E-state index in [4.69, 9.17) is 40.4 Å². The standard InChI is InChI=1S/C24H23Cl2N5O3S2/c25-17-2-4-18(5-3-17)28-24(35)27-10-7-22(32)30-11-8-15(9-12-30)23-29-20(14-36-23)16-1-6-19(26)21(13-16)31(33)34/h1-6,13-15H,7-12H2,(H2,27,28,35). The molecular formula is C24H23Cl2N5O3S2. The van der Waals surface area contributed by atoms with Gasteiger partial charge in [-0.15, -0.1) is 11.3 Å². The van der Waals surface area contributed by atoms with E-state index in [1.165, 1.54) is 12.1 Å². The van der Waals surface area contributed by atoms with Crippen LogP contribution in [0.15, 0.2) is 47.8 Å². The number of hydrogen-bond acceptors (Lipinski definition) is 6. The maximum absolute atomic E-state index is 12.7. The van der Waals surface area contributed by atoms with Crippen molar-refractivity contribution in [3.63, 3.8) is 0 Å². The molecule has 2 aromatic carbocycles. The average molecular weight is 565 g/mol. The lowest BCUT2D eigenvalue weighted by Crippen LogP contribution is -2.40. The van der Waals surface area contributed by atoms with Gasteiger partial charge in [-0.2, -0.15) is 0 Å². The van der Waals surface area contributed by atoms with E-state index in [0.717, 1.165) is 23.5 Å². The minimum atomic E-state index is -0.495. The molecule has 1 amide bonds. The van der Waals surface area contributed by atoms with Crippen LogP contribution < -0.4 is 10.6 Å². The lowest BCUT2D eigenvalue weighted by Gasteiger charge is -2.31. The molecule has 0 atom stereocenters. The summed E-state index contributed by atoms with van der Waals surface area (Å²) in [6, 6.07) is 11.9. The SMILES string of the molecule is O=C(CCNC(=S)Nc1ccc(Cl)cc1)N1CCC(c2nc(-c3ccc(Cl)c([N+](=O)[O-])c3)cs2)CC1. The van der Waals surface area contributed by atoms with Crippen LogP contribution in [0.5, 0.6) is 0 Å². The predicted molar refractivity (Wildman–Crippen MR) is 148 cm³/mol. The third kappa shape index (κ3) is 6.70. The number of amides is 1. The first-order valence-electron chi connectivity index (χ1n) is 11.3. The number of carbonyl (C=O) groups excluding carboxylic acids is 1. The van der Waals surface area contributed by atoms with E-state index in [1.807, 2.05) is 22.4 Å². The zero-order valence-corrected chi connectivity index (χ0v) is 22.2. The summed E-state index contributed by atoms with van der Waals surface area (Å²) in [5.41, 5.74) is 2.05. The number of thiazole rings is 1. The molecule has 0 saturated carbocycles. The summed E-state index contributed by atoms with van der Waals surface area (Å²) in [7, 11) is 0. The highest BCUT2D eigenvalue weighted by Crippen LogP contribution is 2.35. The predicted octanol–water partition coefficient (Wildman–Crippen LogP) is 6.11. The molecule has 0 spiro atoms. The number of aromatic nitrogens is 1. The number of anilines is 1. The molecule has 1 aliphatic heterocycles. The number of nitro groups is 1. The summed E-state index contributed by atoms with van der Waals surface area (Å²) in [5, 5.41) is 21.4. The summed E-state index contributed by atoms with van der Waals surface area (Å²) in [6.45, 7) is 1.78. The van der Waals surface area contributed by atoms with E-state index in [2.05, 4.69) is 10.6 Å². The van der Waals surface area contributed by atoms with E-state index in [9.17, 15) is 14.9 Å². The lowest BCUT2D eigenvalue weighted by atomic mass is 9.97. The van der Waals surface area contributed by atoms with Gasteiger partial charge in [0, 0.05) is 59.7 Å². The topological polar surface area (TPSA) is 100 Å². The maximum atomic E-state index is 12.7. The number of hydrogen-bond donors (Lipinski definition) is 2. The number of benzene rings is 2. The van der Waals surface area contributed by atoms with Crippen molar-refractivity contribution >= 4 is 69.2 Å². The number of rotatable bonds is 7. The van der Waals surface area contributed by atoms with Gasteiger partial charge in [-0.3, -0.25) is 14.9 Å². The van der Waals surface area contributed by atoms with Crippen molar-refractivity contribution < 1.29 is 9.72 Å². The Hall–Kier alpha value is -2.79. The number of halogens is 2. The Labute approximate surface area is 227 Å². The normalized spacial score (nSPS) is 13.9. The molecule has 1 fully saturated rings. The average Bonchev–Trinajstić information content (AvgIpc) is 3.36. The Bertz CT molecular complexity index is 1260. The van der Waals surface area contributed by atoms with Crippen molar-refractivity contribution in [2.24, 2.45) is 0 Å². The molecular weight excluding hydrogens is 541 g/mol. The van der Waals surface area contributed by atoms with Gasteiger partial charge in [-0.25, -0.2) is 4.98 Å². The smallest absolute Gasteiger partial charge is 0.288 e. The molecule has 0 aliphatic carbocycles. The van der Waals surface area contributed by atoms with E-state index in [1.54, 1.807) is 29.5 Å². The second-order valence-corrected chi connectivity index (χ2v) is 10.4. The molecule has 0 unspecified atom stereocenters. The summed E-state index contributed by atoms with van der Waals surface area (Å²) < 4.78 is 0. The number of likely N-dealkylation sites (tertiary alicyclic amines) is 1. The molecule has 1 saturated heterocycles. The van der Waals surface area contributed by atoms with Crippen LogP contribution in [-0.2, 0) is 4.79 Å². The molecule has 0 radical (unpaired) electrons. The quantitative estimate of drug-likeness (QED) is 0.203. The van der Waals surface area contributed by atoms with Gasteiger partial charge < -0.3 is 15.5 Å². The molecule has 1 aliphatic rings. The van der Waals surface area contributed by atoms with Gasteiger partial charge in [0.1, 0.15) is 5.02 Å². The van der Waals surface area contributed by atoms with Crippen LogP contribution in [-0.4, -0.2) is 45.5 Å². The maximum Gasteiger partial charge on any atom is 0.288 e. The Morgan fingerprint density at radius 1 is 1.19 bits per heavy atom. The van der Waals surface area contributed by atoms with Gasteiger partial charge in [-0.1, -0.05) is 29.3 Å². The summed E-state index contributed by atoms with van der Waals surface area (Å²) in [4.78, 5) is 29.9. The highest BCUT2D eigenvalue weighted by molar-refractivity contribution is 7.80. The van der Waals surface area contributed by atoms with Gasteiger partial charge in [0.25, 0.3) is 5.69 Å². The minimum Gasteiger partial charge on any atom is -0.362 e. The first kappa shape index (κ1) is 26.3. The second-order valence-electron chi connectivity index (χ2n) is 8.29. The largest absolute Gasteiger partial charge is 0.362 e. The molecule has 12 heteroatoms. The van der Waals surface area contributed by atoms with Crippen molar-refractivity contribution in [1.82, 2.24) is 15.2 Å². The third-order valence-corrected chi connectivity index (χ3v) is 7.71. The molecule has 1 aromatic heterocycles. The van der Waals surface area contributed by atoms with E-state index in [-0.39, 0.29) is 22.5 Å². The van der Waals surface area contributed by atoms with Crippen LogP contribution in [0.3, 0.4) is 0 Å². The monoisotopic (exact) mass is 563 g/mol. The van der Waals surface area contributed by atoms with Crippen LogP contribution in [0.4, 0.5) is 11.4 Å². The van der Waals surface area contributed by atoms with Gasteiger partial charge in [0.15, 0.2) is 5.11 Å². The molecule has 3 aromatic rings. The van der Waals surface area contributed by atoms with Crippen molar-refractivity contribution in [3.8, 4) is 11.3 Å². The van der Waals surface area contributed by atoms with Crippen LogP contribution >= 0.6 is 46.8 Å². The fraction of sp³-hybridized carbons (Fsp3) is 0.292. The van der Waals surface area contributed by atoms with Crippen molar-refractivity contribution in [2.45, 2.75) is 25.2 Å². The highest BCUT2D eigenvalue weighted by Gasteiger charge is 2.26. The van der Waals surface area contributed by atoms with Crippen LogP contribution in [0.25, 0.3) is 11.3 Å². The second kappa shape index (κ2) is 12.0. The van der Waals surface area contributed by atoms with E-state index < -0.39 is 4.92 Å². The number of piperidine rings is 1. The van der Waals surface area contributed by atoms with E-state index in [0.29, 0.717) is 47.4 Å². The van der Waals surface area contributed by atoms with Crippen molar-refractivity contribution in [3.05, 3.63) is 73.0 Å². The molecule has 2 heterocycles. The third-order valence-electron chi connectivity index (χ3n) is 5.88. The lowest BCUT2D eigenvalue weighted by molar-refractivity contribution is -0.384. The molecule has 188 valence electrons. The van der Waals surface area contributed by atoms with Crippen LogP contribution in [0.1, 0.15) is 30.2 Å². The van der Waals surface area contributed by atoms with E-state index >= 15 is 0 Å². The van der Waals surface area contributed by atoms with Crippen molar-refractivity contribution in [1.29, 1.82) is 0 Å². The van der Waals surface area contributed by atoms with Gasteiger partial charge in [0.2, 0.25) is 5.91 Å². The molecule has 36 heavy (non-hydrogen) atoms. The fourth-order valence-corrected chi connectivity index (χ4v) is 5.48. The van der Waals surface area contributed by atoms with Crippen LogP contribution in [0.2, 0.25) is 10.0 Å². The summed E-state index contributed by atoms with van der Waals surface area (Å²) >= 11 is 18.6. The first-order chi connectivity index (χ1) is 17.3. The van der Waals surface area contributed by atoms with Crippen LogP contribution in [0, 0.1) is 10.1 Å². The zero-order chi connectivity index (χ0) is 25.7. The first-order valence-corrected chi connectivity index (χ1v) is 13.3. The number of carbonyl (C=O) groups is 1. The Kier molecular flexibility index (Phi) is 8.73. The van der Waals surface area contributed by atoms with Gasteiger partial charge in [0.05, 0.1) is 15.6 Å². The molecule has 0 bridgehead atoms. The number of thiocarbonyl (C=S) groups is 1. The van der Waals surface area contributed by atoms with Gasteiger partial charge in [-0.05, 0) is 55.4 Å². The fourth-order valence-electron chi connectivity index (χ4n) is 3.95. The van der Waals surface area contributed by atoms with Crippen molar-refractivity contribution in [2.75, 3.05) is 25.0 Å².